The number of likely N-dealkylation sites (tertiary alicyclic amines) is 2. The van der Waals surface area contributed by atoms with Crippen LogP contribution in [0.25, 0.3) is 0 Å². The molecule has 0 aromatic carbocycles. The predicted molar refractivity (Wildman–Crippen MR) is 117 cm³/mol. The number of amides is 2. The third kappa shape index (κ3) is 3.39. The summed E-state index contributed by atoms with van der Waals surface area (Å²) in [5.41, 5.74) is 1.77. The number of hydrogen-bond acceptors (Lipinski definition) is 5. The number of hydrogen-bond donors (Lipinski definition) is 0. The van der Waals surface area contributed by atoms with E-state index in [0.717, 1.165) is 11.3 Å². The van der Waals surface area contributed by atoms with E-state index in [2.05, 4.69) is 28.4 Å². The van der Waals surface area contributed by atoms with Gasteiger partial charge >= 0.3 is 0 Å². The lowest BCUT2D eigenvalue weighted by Gasteiger charge is -2.27. The fraction of sp³-hybridized carbons (Fsp3) is 0.417. The Labute approximate surface area is 186 Å². The molecule has 1 spiro atoms. The van der Waals surface area contributed by atoms with Crippen LogP contribution in [0.5, 0.6) is 0 Å². The molecular formula is C24H27N5O3. The van der Waals surface area contributed by atoms with Crippen molar-refractivity contribution in [3.8, 4) is 0 Å². The number of furan rings is 1. The molecule has 5 heterocycles. The van der Waals surface area contributed by atoms with E-state index in [0.29, 0.717) is 38.2 Å². The first-order chi connectivity index (χ1) is 15.5. The van der Waals surface area contributed by atoms with E-state index in [4.69, 9.17) is 4.42 Å². The van der Waals surface area contributed by atoms with Crippen LogP contribution in [-0.2, 0) is 11.3 Å². The summed E-state index contributed by atoms with van der Waals surface area (Å²) in [6.07, 6.45) is 11.0. The largest absolute Gasteiger partial charge is 0.472 e. The van der Waals surface area contributed by atoms with Gasteiger partial charge in [-0.25, -0.2) is 4.98 Å². The zero-order chi connectivity index (χ0) is 22.3. The van der Waals surface area contributed by atoms with Gasteiger partial charge in [0.2, 0.25) is 5.91 Å². The van der Waals surface area contributed by atoms with E-state index in [1.54, 1.807) is 23.4 Å². The van der Waals surface area contributed by atoms with Crippen molar-refractivity contribution >= 4 is 11.8 Å². The van der Waals surface area contributed by atoms with Gasteiger partial charge in [-0.15, -0.1) is 0 Å². The van der Waals surface area contributed by atoms with E-state index in [-0.39, 0.29) is 23.8 Å². The summed E-state index contributed by atoms with van der Waals surface area (Å²) in [6, 6.07) is 5.81. The number of carbonyl (C=O) groups is 2. The maximum Gasteiger partial charge on any atom is 0.257 e. The fourth-order valence-corrected chi connectivity index (χ4v) is 5.01. The molecule has 0 unspecified atom stereocenters. The minimum atomic E-state index is -0.664. The SMILES string of the molecule is CC(C)n1cnc([C@H]2CN(C(=O)c3ccoc3)C[C@@]23CCN(Cc2ccncc2)C3=O)c1. The third-order valence-electron chi connectivity index (χ3n) is 6.84. The second-order valence-electron chi connectivity index (χ2n) is 9.08. The van der Waals surface area contributed by atoms with Crippen LogP contribution in [0.15, 0.2) is 60.1 Å². The molecule has 2 aliphatic heterocycles. The molecule has 0 radical (unpaired) electrons. The number of carbonyl (C=O) groups excluding carboxylic acids is 2. The first-order valence-corrected chi connectivity index (χ1v) is 11.0. The summed E-state index contributed by atoms with van der Waals surface area (Å²) < 4.78 is 7.17. The van der Waals surface area contributed by atoms with Gasteiger partial charge in [-0.1, -0.05) is 0 Å². The van der Waals surface area contributed by atoms with Crippen molar-refractivity contribution in [2.24, 2.45) is 5.41 Å². The Kier molecular flexibility index (Phi) is 5.07. The Morgan fingerprint density at radius 3 is 2.78 bits per heavy atom. The maximum atomic E-state index is 13.8. The monoisotopic (exact) mass is 433 g/mol. The molecule has 0 bridgehead atoms. The van der Waals surface area contributed by atoms with E-state index >= 15 is 0 Å². The van der Waals surface area contributed by atoms with Crippen LogP contribution in [0, 0.1) is 5.41 Å². The number of pyridine rings is 1. The van der Waals surface area contributed by atoms with Crippen molar-refractivity contribution in [2.75, 3.05) is 19.6 Å². The zero-order valence-electron chi connectivity index (χ0n) is 18.3. The Hall–Kier alpha value is -3.42. The lowest BCUT2D eigenvalue weighted by Crippen LogP contribution is -2.40. The molecule has 32 heavy (non-hydrogen) atoms. The highest BCUT2D eigenvalue weighted by atomic mass is 16.3. The average Bonchev–Trinajstić information content (AvgIpc) is 3.58. The van der Waals surface area contributed by atoms with Crippen molar-refractivity contribution < 1.29 is 14.0 Å². The molecule has 0 aliphatic carbocycles. The van der Waals surface area contributed by atoms with Crippen molar-refractivity contribution in [1.29, 1.82) is 0 Å². The van der Waals surface area contributed by atoms with Gasteiger partial charge in [-0.2, -0.15) is 0 Å². The summed E-state index contributed by atoms with van der Waals surface area (Å²) in [6.45, 7) is 6.27. The predicted octanol–water partition coefficient (Wildman–Crippen LogP) is 3.11. The van der Waals surface area contributed by atoms with E-state index < -0.39 is 5.41 Å². The Morgan fingerprint density at radius 2 is 2.09 bits per heavy atom. The topological polar surface area (TPSA) is 84.5 Å². The van der Waals surface area contributed by atoms with Crippen LogP contribution >= 0.6 is 0 Å². The molecule has 2 amide bonds. The van der Waals surface area contributed by atoms with Gasteiger partial charge < -0.3 is 18.8 Å². The van der Waals surface area contributed by atoms with Gasteiger partial charge in [0.1, 0.15) is 6.26 Å². The van der Waals surface area contributed by atoms with Gasteiger partial charge in [0, 0.05) is 56.7 Å². The van der Waals surface area contributed by atoms with Gasteiger partial charge in [-0.3, -0.25) is 14.6 Å². The van der Waals surface area contributed by atoms with Crippen LogP contribution < -0.4 is 0 Å². The summed E-state index contributed by atoms with van der Waals surface area (Å²) in [5.74, 6) is -0.154. The van der Waals surface area contributed by atoms with Crippen molar-refractivity contribution in [3.63, 3.8) is 0 Å². The molecule has 0 saturated carbocycles. The quantitative estimate of drug-likeness (QED) is 0.617. The average molecular weight is 434 g/mol. The first-order valence-electron chi connectivity index (χ1n) is 11.0. The smallest absolute Gasteiger partial charge is 0.257 e. The zero-order valence-corrected chi connectivity index (χ0v) is 18.3. The van der Waals surface area contributed by atoms with E-state index in [1.807, 2.05) is 29.6 Å². The van der Waals surface area contributed by atoms with Crippen LogP contribution in [0.4, 0.5) is 0 Å². The normalized spacial score (nSPS) is 23.1. The number of imidazole rings is 1. The minimum absolute atomic E-state index is 0.0981. The second-order valence-corrected chi connectivity index (χ2v) is 9.08. The molecule has 2 atom stereocenters. The van der Waals surface area contributed by atoms with Gasteiger partial charge in [0.05, 0.1) is 29.3 Å². The van der Waals surface area contributed by atoms with Gasteiger partial charge in [-0.05, 0) is 44.0 Å². The van der Waals surface area contributed by atoms with Crippen molar-refractivity contribution in [3.05, 3.63) is 72.5 Å². The molecule has 5 rings (SSSR count). The van der Waals surface area contributed by atoms with E-state index in [1.165, 1.54) is 12.5 Å². The van der Waals surface area contributed by atoms with Crippen LogP contribution in [0.2, 0.25) is 0 Å². The first kappa shape index (κ1) is 20.5. The second kappa shape index (κ2) is 7.93. The third-order valence-corrected chi connectivity index (χ3v) is 6.84. The Balaban J connectivity index is 1.47. The Bertz CT molecular complexity index is 1110. The molecule has 0 N–H and O–H groups in total. The number of nitrogens with zero attached hydrogens (tertiary/aromatic N) is 5. The van der Waals surface area contributed by atoms with Gasteiger partial charge in [0.15, 0.2) is 0 Å². The van der Waals surface area contributed by atoms with Gasteiger partial charge in [0.25, 0.3) is 5.91 Å². The van der Waals surface area contributed by atoms with Crippen LogP contribution in [-0.4, -0.2) is 55.8 Å². The standard InChI is InChI=1S/C24H27N5O3/c1-17(2)29-13-21(26-16-29)20-12-28(22(30)19-5-10-32-14-19)15-24(20)6-9-27(23(24)31)11-18-3-7-25-8-4-18/h3-5,7-8,10,13-14,16-17,20H,6,9,11-12,15H2,1-2H3/t20-,24+/m1/s1. The molecule has 2 aliphatic rings. The highest BCUT2D eigenvalue weighted by molar-refractivity contribution is 5.95. The number of rotatable bonds is 5. The van der Waals surface area contributed by atoms with Crippen LogP contribution in [0.1, 0.15) is 53.8 Å². The highest BCUT2D eigenvalue weighted by Crippen LogP contribution is 2.50. The maximum absolute atomic E-state index is 13.8. The summed E-state index contributed by atoms with van der Waals surface area (Å²) in [7, 11) is 0. The molecule has 2 saturated heterocycles. The molecule has 8 nitrogen and oxygen atoms in total. The number of aromatic nitrogens is 3. The van der Waals surface area contributed by atoms with Crippen molar-refractivity contribution in [1.82, 2.24) is 24.3 Å². The van der Waals surface area contributed by atoms with Crippen molar-refractivity contribution in [2.45, 2.75) is 38.8 Å². The molecule has 2 fully saturated rings. The summed E-state index contributed by atoms with van der Waals surface area (Å²) in [4.78, 5) is 39.4. The minimum Gasteiger partial charge on any atom is -0.472 e. The lowest BCUT2D eigenvalue weighted by molar-refractivity contribution is -0.136. The highest BCUT2D eigenvalue weighted by Gasteiger charge is 2.58. The van der Waals surface area contributed by atoms with Crippen LogP contribution in [0.3, 0.4) is 0 Å². The molecule has 3 aromatic heterocycles. The fourth-order valence-electron chi connectivity index (χ4n) is 5.01. The van der Waals surface area contributed by atoms with E-state index in [9.17, 15) is 9.59 Å². The summed E-state index contributed by atoms with van der Waals surface area (Å²) in [5, 5.41) is 0. The molecular weight excluding hydrogens is 406 g/mol. The molecule has 166 valence electrons. The Morgan fingerprint density at radius 1 is 1.28 bits per heavy atom. The summed E-state index contributed by atoms with van der Waals surface area (Å²) >= 11 is 0. The molecule has 8 heteroatoms. The lowest BCUT2D eigenvalue weighted by atomic mass is 9.75. The molecule has 3 aromatic rings.